The van der Waals surface area contributed by atoms with Crippen LogP contribution < -0.4 is 20.7 Å². The Bertz CT molecular complexity index is 1540. The summed E-state index contributed by atoms with van der Waals surface area (Å²) >= 11 is 0. The van der Waals surface area contributed by atoms with E-state index in [4.69, 9.17) is 4.74 Å². The van der Waals surface area contributed by atoms with Crippen LogP contribution in [0.4, 0.5) is 0 Å². The van der Waals surface area contributed by atoms with E-state index in [0.717, 1.165) is 5.39 Å². The molecule has 0 unspecified atom stereocenters. The first kappa shape index (κ1) is 32.5. The second kappa shape index (κ2) is 14.7. The van der Waals surface area contributed by atoms with Crippen LogP contribution in [0.25, 0.3) is 10.8 Å². The van der Waals surface area contributed by atoms with Gasteiger partial charge in [-0.1, -0.05) is 50.2 Å². The molecule has 0 spiro atoms. The lowest BCUT2D eigenvalue weighted by Crippen LogP contribution is -2.55. The molecule has 0 aliphatic rings. The molecule has 0 saturated carbocycles. The first-order chi connectivity index (χ1) is 20.4. The third kappa shape index (κ3) is 8.71. The smallest absolute Gasteiger partial charge is 0.305 e. The highest BCUT2D eigenvalue weighted by molar-refractivity contribution is 6.08. The number of ether oxygens (including phenoxy) is 1. The van der Waals surface area contributed by atoms with Crippen LogP contribution in [0.15, 0.2) is 60.7 Å². The Labute approximate surface area is 249 Å². The highest BCUT2D eigenvalue weighted by Crippen LogP contribution is 2.21. The summed E-state index contributed by atoms with van der Waals surface area (Å²) in [5.74, 6) is -4.10. The zero-order valence-corrected chi connectivity index (χ0v) is 24.4. The quantitative estimate of drug-likeness (QED) is 0.208. The van der Waals surface area contributed by atoms with Gasteiger partial charge in [-0.3, -0.25) is 28.8 Å². The van der Waals surface area contributed by atoms with E-state index in [1.165, 1.54) is 14.0 Å². The number of fused-ring (bicyclic) bond motifs is 1. The fraction of sp³-hybridized carbons (Fsp3) is 0.312. The zero-order chi connectivity index (χ0) is 31.7. The predicted octanol–water partition coefficient (Wildman–Crippen LogP) is 2.69. The Hall–Kier alpha value is -5.06. The number of carbonyl (C=O) groups is 6. The number of carbonyl (C=O) groups excluding carboxylic acids is 5. The van der Waals surface area contributed by atoms with Crippen LogP contribution >= 0.6 is 0 Å². The van der Waals surface area contributed by atoms with Crippen molar-refractivity contribution in [3.05, 3.63) is 77.4 Å². The van der Waals surface area contributed by atoms with Crippen molar-refractivity contribution in [2.45, 2.75) is 45.7 Å². The van der Waals surface area contributed by atoms with Crippen LogP contribution in [-0.4, -0.2) is 66.1 Å². The SMILES string of the molecule is COc1ccc(C(C)=O)cc1CC(=O)N[C@H](C(=O)N[C@@H](CC(=O)O)C(=O)CNC(=O)c1cccc2ccccc12)C(C)C. The van der Waals surface area contributed by atoms with Crippen molar-refractivity contribution < 1.29 is 38.6 Å². The lowest BCUT2D eigenvalue weighted by molar-refractivity contribution is -0.140. The van der Waals surface area contributed by atoms with Crippen LogP contribution in [0.2, 0.25) is 0 Å². The normalized spacial score (nSPS) is 12.2. The summed E-state index contributed by atoms with van der Waals surface area (Å²) in [6.45, 7) is 4.24. The molecular weight excluding hydrogens is 554 g/mol. The molecule has 43 heavy (non-hydrogen) atoms. The number of methoxy groups -OCH3 is 1. The maximum absolute atomic E-state index is 13.2. The number of hydrogen-bond donors (Lipinski definition) is 4. The molecule has 2 atom stereocenters. The summed E-state index contributed by atoms with van der Waals surface area (Å²) in [7, 11) is 1.43. The minimum absolute atomic E-state index is 0.189. The number of hydrogen-bond acceptors (Lipinski definition) is 7. The van der Waals surface area contributed by atoms with Gasteiger partial charge in [0.2, 0.25) is 11.8 Å². The number of Topliss-reactive ketones (excluding diaryl/α,β-unsaturated/α-hetero) is 2. The van der Waals surface area contributed by atoms with E-state index in [2.05, 4.69) is 16.0 Å². The van der Waals surface area contributed by atoms with Crippen LogP contribution in [0.1, 0.15) is 53.5 Å². The molecular formula is C32H35N3O8. The van der Waals surface area contributed by atoms with Gasteiger partial charge in [-0.15, -0.1) is 0 Å². The molecule has 4 N–H and O–H groups in total. The van der Waals surface area contributed by atoms with E-state index in [0.29, 0.717) is 27.8 Å². The van der Waals surface area contributed by atoms with Crippen LogP contribution in [0, 0.1) is 5.92 Å². The summed E-state index contributed by atoms with van der Waals surface area (Å²) in [5.41, 5.74) is 1.18. The lowest BCUT2D eigenvalue weighted by Gasteiger charge is -2.25. The van der Waals surface area contributed by atoms with E-state index in [1.54, 1.807) is 56.3 Å². The topological polar surface area (TPSA) is 168 Å². The Balaban J connectivity index is 1.69. The van der Waals surface area contributed by atoms with Gasteiger partial charge in [-0.2, -0.15) is 0 Å². The van der Waals surface area contributed by atoms with Crippen molar-refractivity contribution in [2.75, 3.05) is 13.7 Å². The monoisotopic (exact) mass is 589 g/mol. The third-order valence-corrected chi connectivity index (χ3v) is 6.84. The summed E-state index contributed by atoms with van der Waals surface area (Å²) < 4.78 is 5.29. The number of carboxylic acid groups (broad SMARTS) is 1. The minimum atomic E-state index is -1.46. The molecule has 3 rings (SSSR count). The number of aliphatic carboxylic acids is 1. The Morgan fingerprint density at radius 2 is 1.60 bits per heavy atom. The van der Waals surface area contributed by atoms with Gasteiger partial charge in [0.25, 0.3) is 5.91 Å². The molecule has 3 amide bonds. The van der Waals surface area contributed by atoms with Gasteiger partial charge in [-0.25, -0.2) is 0 Å². The van der Waals surface area contributed by atoms with Crippen molar-refractivity contribution >= 4 is 46.0 Å². The van der Waals surface area contributed by atoms with Crippen molar-refractivity contribution in [1.82, 2.24) is 16.0 Å². The highest BCUT2D eigenvalue weighted by Gasteiger charge is 2.30. The first-order valence-corrected chi connectivity index (χ1v) is 13.7. The van der Waals surface area contributed by atoms with Crippen LogP contribution in [0.3, 0.4) is 0 Å². The van der Waals surface area contributed by atoms with Gasteiger partial charge in [0.15, 0.2) is 11.6 Å². The van der Waals surface area contributed by atoms with Gasteiger partial charge in [0.1, 0.15) is 11.8 Å². The number of benzene rings is 3. The molecule has 226 valence electrons. The number of ketones is 2. The van der Waals surface area contributed by atoms with Crippen molar-refractivity contribution in [3.63, 3.8) is 0 Å². The van der Waals surface area contributed by atoms with Crippen LogP contribution in [0.5, 0.6) is 5.75 Å². The molecule has 0 saturated heterocycles. The molecule has 0 aliphatic heterocycles. The average molecular weight is 590 g/mol. The van der Waals surface area contributed by atoms with Gasteiger partial charge < -0.3 is 25.8 Å². The first-order valence-electron chi connectivity index (χ1n) is 13.7. The largest absolute Gasteiger partial charge is 0.496 e. The van der Waals surface area contributed by atoms with Crippen molar-refractivity contribution in [3.8, 4) is 5.75 Å². The van der Waals surface area contributed by atoms with Gasteiger partial charge in [0.05, 0.1) is 32.5 Å². The van der Waals surface area contributed by atoms with Crippen LogP contribution in [-0.2, 0) is 25.6 Å². The molecule has 3 aromatic carbocycles. The van der Waals surface area contributed by atoms with E-state index in [9.17, 15) is 33.9 Å². The summed E-state index contributed by atoms with van der Waals surface area (Å²) in [6, 6.07) is 14.5. The van der Waals surface area contributed by atoms with Crippen molar-refractivity contribution in [2.24, 2.45) is 5.92 Å². The molecule has 0 heterocycles. The van der Waals surface area contributed by atoms with E-state index >= 15 is 0 Å². The summed E-state index contributed by atoms with van der Waals surface area (Å²) in [5, 5.41) is 18.5. The molecule has 0 aliphatic carbocycles. The zero-order valence-electron chi connectivity index (χ0n) is 24.4. The molecule has 3 aromatic rings. The second-order valence-corrected chi connectivity index (χ2v) is 10.4. The van der Waals surface area contributed by atoms with E-state index in [-0.39, 0.29) is 12.2 Å². The number of rotatable bonds is 14. The van der Waals surface area contributed by atoms with E-state index in [1.807, 2.05) is 18.2 Å². The molecule has 0 bridgehead atoms. The fourth-order valence-electron chi connectivity index (χ4n) is 4.56. The molecule has 0 aromatic heterocycles. The summed E-state index contributed by atoms with van der Waals surface area (Å²) in [6.07, 6.45) is -0.916. The standard InChI is InChI=1S/C32H35N3O8/c1-18(2)30(35-28(38)15-22-14-21(19(3)36)12-13-27(22)43-4)32(42)34-25(16-29(39)40)26(37)17-33-31(41)24-11-7-9-20-8-5-6-10-23(20)24/h5-14,18,25,30H,15-17H2,1-4H3,(H,33,41)(H,34,42)(H,35,38)(H,39,40)/t25-,30-/m0/s1. The number of carboxylic acids is 1. The van der Waals surface area contributed by atoms with Gasteiger partial charge >= 0.3 is 5.97 Å². The summed E-state index contributed by atoms with van der Waals surface area (Å²) in [4.78, 5) is 75.3. The maximum Gasteiger partial charge on any atom is 0.305 e. The van der Waals surface area contributed by atoms with Gasteiger partial charge in [0, 0.05) is 16.7 Å². The predicted molar refractivity (Wildman–Crippen MR) is 159 cm³/mol. The molecule has 11 nitrogen and oxygen atoms in total. The second-order valence-electron chi connectivity index (χ2n) is 10.4. The Morgan fingerprint density at radius 3 is 2.26 bits per heavy atom. The Morgan fingerprint density at radius 1 is 0.907 bits per heavy atom. The number of nitrogens with one attached hydrogen (secondary N) is 3. The van der Waals surface area contributed by atoms with Gasteiger partial charge in [-0.05, 0) is 47.9 Å². The minimum Gasteiger partial charge on any atom is -0.496 e. The Kier molecular flexibility index (Phi) is 11.1. The molecule has 0 fully saturated rings. The molecule has 0 radical (unpaired) electrons. The fourth-order valence-corrected chi connectivity index (χ4v) is 4.56. The highest BCUT2D eigenvalue weighted by atomic mass is 16.5. The maximum atomic E-state index is 13.2. The van der Waals surface area contributed by atoms with Crippen molar-refractivity contribution in [1.29, 1.82) is 0 Å². The lowest BCUT2D eigenvalue weighted by atomic mass is 10.00. The average Bonchev–Trinajstić information content (AvgIpc) is 2.97. The molecule has 11 heteroatoms. The number of amides is 3. The third-order valence-electron chi connectivity index (χ3n) is 6.84. The van der Waals surface area contributed by atoms with E-state index < -0.39 is 60.4 Å².